The molecule has 3 saturated heterocycles. The zero-order chi connectivity index (χ0) is 17.8. The van der Waals surface area contributed by atoms with E-state index < -0.39 is 0 Å². The number of rotatable bonds is 2. The Morgan fingerprint density at radius 3 is 2.15 bits per heavy atom. The summed E-state index contributed by atoms with van der Waals surface area (Å²) in [7, 11) is 0. The summed E-state index contributed by atoms with van der Waals surface area (Å²) in [4.78, 5) is 27.9. The minimum Gasteiger partial charge on any atom is -0.274 e. The van der Waals surface area contributed by atoms with Crippen molar-refractivity contribution in [2.24, 2.45) is 5.92 Å². The van der Waals surface area contributed by atoms with Gasteiger partial charge in [-0.05, 0) is 31.0 Å². The highest BCUT2D eigenvalue weighted by molar-refractivity contribution is 6.24. The first kappa shape index (κ1) is 15.7. The van der Waals surface area contributed by atoms with Gasteiger partial charge in [0.1, 0.15) is 6.04 Å². The Bertz CT molecular complexity index is 865. The molecule has 26 heavy (non-hydrogen) atoms. The molecular formula is C21H21N3O2. The summed E-state index contributed by atoms with van der Waals surface area (Å²) in [5, 5.41) is 4.39. The monoisotopic (exact) mass is 347 g/mol. The second kappa shape index (κ2) is 5.76. The zero-order valence-corrected chi connectivity index (χ0v) is 14.7. The van der Waals surface area contributed by atoms with E-state index in [1.807, 2.05) is 30.3 Å². The van der Waals surface area contributed by atoms with Crippen molar-refractivity contribution in [3.63, 3.8) is 0 Å². The topological polar surface area (TPSA) is 43.9 Å². The van der Waals surface area contributed by atoms with Gasteiger partial charge in [0.2, 0.25) is 5.91 Å². The van der Waals surface area contributed by atoms with Gasteiger partial charge >= 0.3 is 0 Å². The summed E-state index contributed by atoms with van der Waals surface area (Å²) in [6.45, 7) is 3.80. The quantitative estimate of drug-likeness (QED) is 0.783. The molecule has 3 aliphatic heterocycles. The second-order valence-electron chi connectivity index (χ2n) is 7.35. The number of para-hydroxylation sites is 1. The van der Waals surface area contributed by atoms with E-state index in [4.69, 9.17) is 0 Å². The molecule has 3 aliphatic rings. The third-order valence-corrected chi connectivity index (χ3v) is 5.84. The van der Waals surface area contributed by atoms with E-state index in [2.05, 4.69) is 41.2 Å². The highest BCUT2D eigenvalue weighted by Gasteiger charge is 2.62. The van der Waals surface area contributed by atoms with Crippen LogP contribution in [0.3, 0.4) is 0 Å². The summed E-state index contributed by atoms with van der Waals surface area (Å²) in [5.41, 5.74) is 2.98. The van der Waals surface area contributed by atoms with Gasteiger partial charge in [0, 0.05) is 13.1 Å². The van der Waals surface area contributed by atoms with Crippen LogP contribution in [0.1, 0.15) is 23.6 Å². The molecule has 2 aromatic rings. The van der Waals surface area contributed by atoms with Crippen LogP contribution in [0.15, 0.2) is 54.6 Å². The molecule has 0 bridgehead atoms. The number of hydrogen-bond donors (Lipinski definition) is 0. The van der Waals surface area contributed by atoms with Crippen LogP contribution in [0.5, 0.6) is 0 Å². The molecule has 0 aromatic heterocycles. The molecule has 132 valence electrons. The Labute approximate surface area is 152 Å². The van der Waals surface area contributed by atoms with Gasteiger partial charge in [-0.1, -0.05) is 48.0 Å². The first-order valence-electron chi connectivity index (χ1n) is 9.19. The molecule has 2 amide bonds. The Balaban J connectivity index is 1.59. The average molecular weight is 347 g/mol. The number of amides is 2. The molecular weight excluding hydrogens is 326 g/mol. The lowest BCUT2D eigenvalue weighted by Crippen LogP contribution is -2.44. The molecule has 0 unspecified atom stereocenters. The Morgan fingerprint density at radius 2 is 1.46 bits per heavy atom. The molecule has 0 N–H and O–H groups in total. The number of anilines is 1. The van der Waals surface area contributed by atoms with E-state index in [0.29, 0.717) is 5.69 Å². The number of fused-ring (bicyclic) bond motifs is 3. The SMILES string of the molecule is Cc1ccc([C@@H]2[C@H]3C(=O)N(c4ccccc4)C(=O)[C@H]3N3CCCN23)cc1. The van der Waals surface area contributed by atoms with Crippen LogP contribution in [-0.2, 0) is 9.59 Å². The Hall–Kier alpha value is -2.50. The third-order valence-electron chi connectivity index (χ3n) is 5.84. The van der Waals surface area contributed by atoms with E-state index in [1.54, 1.807) is 0 Å². The van der Waals surface area contributed by atoms with E-state index in [0.717, 1.165) is 25.1 Å². The third kappa shape index (κ3) is 2.11. The molecule has 5 nitrogen and oxygen atoms in total. The van der Waals surface area contributed by atoms with E-state index in [9.17, 15) is 9.59 Å². The molecule has 2 aromatic carbocycles. The lowest BCUT2D eigenvalue weighted by Gasteiger charge is -2.29. The number of aryl methyl sites for hydroxylation is 1. The molecule has 3 heterocycles. The molecule has 0 saturated carbocycles. The second-order valence-corrected chi connectivity index (χ2v) is 7.35. The minimum atomic E-state index is -0.378. The number of hydrazine groups is 1. The smallest absolute Gasteiger partial charge is 0.253 e. The van der Waals surface area contributed by atoms with Gasteiger partial charge < -0.3 is 0 Å². The summed E-state index contributed by atoms with van der Waals surface area (Å²) >= 11 is 0. The van der Waals surface area contributed by atoms with E-state index >= 15 is 0 Å². The predicted octanol–water partition coefficient (Wildman–Crippen LogP) is 2.53. The van der Waals surface area contributed by atoms with Gasteiger partial charge in [-0.2, -0.15) is 0 Å². The molecule has 0 spiro atoms. The molecule has 5 heteroatoms. The van der Waals surface area contributed by atoms with Crippen molar-refractivity contribution in [2.75, 3.05) is 18.0 Å². The van der Waals surface area contributed by atoms with Crippen molar-refractivity contribution in [2.45, 2.75) is 25.4 Å². The Morgan fingerprint density at radius 1 is 0.808 bits per heavy atom. The van der Waals surface area contributed by atoms with Gasteiger partial charge in [0.05, 0.1) is 17.6 Å². The molecule has 3 fully saturated rings. The fraction of sp³-hybridized carbons (Fsp3) is 0.333. The summed E-state index contributed by atoms with van der Waals surface area (Å²) < 4.78 is 0. The van der Waals surface area contributed by atoms with Gasteiger partial charge in [-0.15, -0.1) is 0 Å². The van der Waals surface area contributed by atoms with E-state index in [-0.39, 0.29) is 29.8 Å². The normalized spacial score (nSPS) is 28.7. The summed E-state index contributed by atoms with van der Waals surface area (Å²) in [5.74, 6) is -0.510. The molecule has 5 rings (SSSR count). The van der Waals surface area contributed by atoms with Gasteiger partial charge in [0.25, 0.3) is 5.91 Å². The van der Waals surface area contributed by atoms with Crippen LogP contribution < -0.4 is 4.90 Å². The molecule has 0 radical (unpaired) electrons. The maximum atomic E-state index is 13.3. The maximum absolute atomic E-state index is 13.3. The van der Waals surface area contributed by atoms with Gasteiger partial charge in [-0.3, -0.25) is 9.59 Å². The van der Waals surface area contributed by atoms with Crippen LogP contribution in [0.2, 0.25) is 0 Å². The standard InChI is InChI=1S/C21H21N3O2/c1-14-8-10-15(11-9-14)18-17-19(23-13-5-12-22(18)23)21(26)24(20(17)25)16-6-3-2-4-7-16/h2-4,6-11,17-19H,5,12-13H2,1H3/t17-,18-,19+/m1/s1. The van der Waals surface area contributed by atoms with Gasteiger partial charge in [0.15, 0.2) is 0 Å². The highest BCUT2D eigenvalue weighted by Crippen LogP contribution is 2.48. The Kier molecular flexibility index (Phi) is 3.48. The predicted molar refractivity (Wildman–Crippen MR) is 98.2 cm³/mol. The first-order chi connectivity index (χ1) is 12.7. The van der Waals surface area contributed by atoms with Crippen molar-refractivity contribution >= 4 is 17.5 Å². The highest BCUT2D eigenvalue weighted by atomic mass is 16.2. The fourth-order valence-electron chi connectivity index (χ4n) is 4.71. The van der Waals surface area contributed by atoms with Crippen molar-refractivity contribution in [3.8, 4) is 0 Å². The fourth-order valence-corrected chi connectivity index (χ4v) is 4.71. The van der Waals surface area contributed by atoms with Gasteiger partial charge in [-0.25, -0.2) is 14.9 Å². The van der Waals surface area contributed by atoms with Crippen molar-refractivity contribution in [3.05, 3.63) is 65.7 Å². The summed E-state index contributed by atoms with van der Waals surface area (Å²) in [6.07, 6.45) is 1.03. The maximum Gasteiger partial charge on any atom is 0.253 e. The largest absolute Gasteiger partial charge is 0.274 e. The van der Waals surface area contributed by atoms with Crippen molar-refractivity contribution in [1.29, 1.82) is 0 Å². The molecule has 0 aliphatic carbocycles. The number of carbonyl (C=O) groups excluding carboxylic acids is 2. The lowest BCUT2D eigenvalue weighted by molar-refractivity contribution is -0.126. The zero-order valence-electron chi connectivity index (χ0n) is 14.7. The first-order valence-corrected chi connectivity index (χ1v) is 9.19. The number of carbonyl (C=O) groups is 2. The average Bonchev–Trinajstić information content (AvgIpc) is 3.29. The number of imide groups is 1. The van der Waals surface area contributed by atoms with Crippen LogP contribution in [0.25, 0.3) is 0 Å². The van der Waals surface area contributed by atoms with E-state index in [1.165, 1.54) is 10.5 Å². The van der Waals surface area contributed by atoms with Crippen molar-refractivity contribution in [1.82, 2.24) is 10.0 Å². The van der Waals surface area contributed by atoms with Crippen LogP contribution in [-0.4, -0.2) is 41.0 Å². The number of hydrogen-bond acceptors (Lipinski definition) is 4. The van der Waals surface area contributed by atoms with Crippen LogP contribution >= 0.6 is 0 Å². The number of benzene rings is 2. The van der Waals surface area contributed by atoms with Crippen molar-refractivity contribution < 1.29 is 9.59 Å². The minimum absolute atomic E-state index is 0.0618. The van der Waals surface area contributed by atoms with Crippen LogP contribution in [0.4, 0.5) is 5.69 Å². The summed E-state index contributed by atoms with van der Waals surface area (Å²) in [6, 6.07) is 17.2. The molecule has 3 atom stereocenters. The van der Waals surface area contributed by atoms with Crippen LogP contribution in [0, 0.1) is 12.8 Å². The number of nitrogens with zero attached hydrogens (tertiary/aromatic N) is 3. The lowest BCUT2D eigenvalue weighted by atomic mass is 9.89.